The van der Waals surface area contributed by atoms with Gasteiger partial charge in [-0.3, -0.25) is 4.79 Å². The van der Waals surface area contributed by atoms with Crippen molar-refractivity contribution in [3.63, 3.8) is 0 Å². The zero-order valence-corrected chi connectivity index (χ0v) is 12.3. The van der Waals surface area contributed by atoms with Crippen LogP contribution in [-0.2, 0) is 0 Å². The summed E-state index contributed by atoms with van der Waals surface area (Å²) in [6.07, 6.45) is 0. The number of thiazole rings is 1. The number of nitrogens with zero attached hydrogens (tertiary/aromatic N) is 1. The minimum Gasteiger partial charge on any atom is -0.508 e. The Hall–Kier alpha value is -2.86. The Morgan fingerprint density at radius 2 is 1.91 bits per heavy atom. The van der Waals surface area contributed by atoms with Gasteiger partial charge in [-0.1, -0.05) is 47.7 Å². The van der Waals surface area contributed by atoms with Crippen LogP contribution in [0.15, 0.2) is 54.6 Å². The fraction of sp³-hybridized carbons (Fsp3) is 0. The second kappa shape index (κ2) is 5.87. The third kappa shape index (κ3) is 2.91. The van der Waals surface area contributed by atoms with Crippen molar-refractivity contribution in [2.75, 3.05) is 11.1 Å². The highest BCUT2D eigenvalue weighted by molar-refractivity contribution is 7.17. The second-order valence-electron chi connectivity index (χ2n) is 4.60. The number of benzene rings is 2. The lowest BCUT2D eigenvalue weighted by Gasteiger charge is -2.05. The number of carbonyl (C=O) groups is 1. The minimum absolute atomic E-state index is 0.0879. The van der Waals surface area contributed by atoms with E-state index in [4.69, 9.17) is 5.73 Å². The smallest absolute Gasteiger partial charge is 0.268 e. The summed E-state index contributed by atoms with van der Waals surface area (Å²) in [5.41, 5.74) is 7.66. The van der Waals surface area contributed by atoms with Gasteiger partial charge in [0.05, 0.1) is 5.69 Å². The average Bonchev–Trinajstić information content (AvgIpc) is 2.90. The minimum atomic E-state index is -0.307. The zero-order valence-electron chi connectivity index (χ0n) is 11.5. The molecule has 0 aliphatic heterocycles. The van der Waals surface area contributed by atoms with Crippen LogP contribution in [-0.4, -0.2) is 16.0 Å². The Bertz CT molecular complexity index is 815. The molecule has 0 aliphatic carbocycles. The standard InChI is InChI=1S/C16H13N3O2S/c17-16-19-13(10-5-2-1-3-6-10)14(22-16)15(21)18-11-7-4-8-12(20)9-11/h1-9,20H,(H2,17,19)(H,18,21). The predicted octanol–water partition coefficient (Wildman–Crippen LogP) is 3.35. The molecule has 0 fully saturated rings. The number of carbonyl (C=O) groups excluding carboxylic acids is 1. The quantitative estimate of drug-likeness (QED) is 0.692. The Morgan fingerprint density at radius 1 is 1.14 bits per heavy atom. The molecule has 0 spiro atoms. The van der Waals surface area contributed by atoms with Crippen molar-refractivity contribution in [3.8, 4) is 17.0 Å². The molecule has 0 saturated heterocycles. The van der Waals surface area contributed by atoms with Gasteiger partial charge in [0.2, 0.25) is 0 Å². The number of hydrogen-bond donors (Lipinski definition) is 3. The van der Waals surface area contributed by atoms with E-state index in [2.05, 4.69) is 10.3 Å². The van der Waals surface area contributed by atoms with Crippen molar-refractivity contribution < 1.29 is 9.90 Å². The van der Waals surface area contributed by atoms with Gasteiger partial charge in [0.1, 0.15) is 10.6 Å². The molecular formula is C16H13N3O2S. The number of phenols is 1. The SMILES string of the molecule is Nc1nc(-c2ccccc2)c(C(=O)Nc2cccc(O)c2)s1. The van der Waals surface area contributed by atoms with E-state index in [1.807, 2.05) is 30.3 Å². The Kier molecular flexibility index (Phi) is 3.76. The number of anilines is 2. The van der Waals surface area contributed by atoms with Gasteiger partial charge in [0, 0.05) is 17.3 Å². The van der Waals surface area contributed by atoms with Crippen LogP contribution < -0.4 is 11.1 Å². The Labute approximate surface area is 131 Å². The highest BCUT2D eigenvalue weighted by Crippen LogP contribution is 2.30. The molecule has 0 unspecified atom stereocenters. The molecule has 0 bridgehead atoms. The number of nitrogens with two attached hydrogens (primary N) is 1. The molecule has 2 aromatic carbocycles. The van der Waals surface area contributed by atoms with E-state index in [0.29, 0.717) is 21.4 Å². The summed E-state index contributed by atoms with van der Waals surface area (Å²) in [5, 5.41) is 12.5. The van der Waals surface area contributed by atoms with E-state index >= 15 is 0 Å². The number of phenolic OH excluding ortho intramolecular Hbond substituents is 1. The molecule has 1 heterocycles. The van der Waals surface area contributed by atoms with Crippen LogP contribution in [0.3, 0.4) is 0 Å². The molecule has 0 atom stereocenters. The molecule has 0 aliphatic rings. The van der Waals surface area contributed by atoms with Gasteiger partial charge in [0.15, 0.2) is 5.13 Å². The molecular weight excluding hydrogens is 298 g/mol. The van der Waals surface area contributed by atoms with E-state index in [0.717, 1.165) is 16.9 Å². The Morgan fingerprint density at radius 3 is 2.64 bits per heavy atom. The number of hydrogen-bond acceptors (Lipinski definition) is 5. The summed E-state index contributed by atoms with van der Waals surface area (Å²) in [6, 6.07) is 15.8. The van der Waals surface area contributed by atoms with Gasteiger partial charge in [0.25, 0.3) is 5.91 Å². The normalized spacial score (nSPS) is 10.4. The number of nitrogen functional groups attached to an aromatic ring is 1. The predicted molar refractivity (Wildman–Crippen MR) is 88.0 cm³/mol. The van der Waals surface area contributed by atoms with Crippen molar-refractivity contribution in [1.82, 2.24) is 4.98 Å². The summed E-state index contributed by atoms with van der Waals surface area (Å²) in [4.78, 5) is 17.1. The molecule has 0 saturated carbocycles. The molecule has 5 nitrogen and oxygen atoms in total. The number of amides is 1. The first-order valence-electron chi connectivity index (χ1n) is 6.55. The average molecular weight is 311 g/mol. The van der Waals surface area contributed by atoms with E-state index in [-0.39, 0.29) is 11.7 Å². The van der Waals surface area contributed by atoms with Gasteiger partial charge < -0.3 is 16.2 Å². The van der Waals surface area contributed by atoms with E-state index < -0.39 is 0 Å². The number of aromatic nitrogens is 1. The van der Waals surface area contributed by atoms with Crippen molar-refractivity contribution in [3.05, 3.63) is 59.5 Å². The third-order valence-electron chi connectivity index (χ3n) is 3.00. The summed E-state index contributed by atoms with van der Waals surface area (Å²) < 4.78 is 0. The van der Waals surface area contributed by atoms with Gasteiger partial charge in [-0.15, -0.1) is 0 Å². The first-order valence-corrected chi connectivity index (χ1v) is 7.37. The first-order chi connectivity index (χ1) is 10.6. The third-order valence-corrected chi connectivity index (χ3v) is 3.88. The number of nitrogens with one attached hydrogen (secondary N) is 1. The summed E-state index contributed by atoms with van der Waals surface area (Å²) in [6.45, 7) is 0. The largest absolute Gasteiger partial charge is 0.508 e. The number of rotatable bonds is 3. The van der Waals surface area contributed by atoms with Gasteiger partial charge in [-0.05, 0) is 12.1 Å². The monoisotopic (exact) mass is 311 g/mol. The molecule has 3 rings (SSSR count). The molecule has 0 radical (unpaired) electrons. The van der Waals surface area contributed by atoms with E-state index in [1.165, 1.54) is 12.1 Å². The summed E-state index contributed by atoms with van der Waals surface area (Å²) >= 11 is 1.13. The maximum atomic E-state index is 12.5. The van der Waals surface area contributed by atoms with Crippen molar-refractivity contribution >= 4 is 28.1 Å². The molecule has 3 aromatic rings. The van der Waals surface area contributed by atoms with Gasteiger partial charge in [-0.25, -0.2) is 4.98 Å². The van der Waals surface area contributed by atoms with E-state index in [1.54, 1.807) is 12.1 Å². The lowest BCUT2D eigenvalue weighted by Crippen LogP contribution is -2.11. The fourth-order valence-electron chi connectivity index (χ4n) is 2.05. The van der Waals surface area contributed by atoms with Crippen LogP contribution in [0.5, 0.6) is 5.75 Å². The lowest BCUT2D eigenvalue weighted by molar-refractivity contribution is 0.103. The van der Waals surface area contributed by atoms with Gasteiger partial charge in [-0.2, -0.15) is 0 Å². The highest BCUT2D eigenvalue weighted by Gasteiger charge is 2.18. The van der Waals surface area contributed by atoms with Crippen LogP contribution in [0.2, 0.25) is 0 Å². The summed E-state index contributed by atoms with van der Waals surface area (Å²) in [7, 11) is 0. The van der Waals surface area contributed by atoms with Crippen molar-refractivity contribution in [2.24, 2.45) is 0 Å². The zero-order chi connectivity index (χ0) is 15.5. The van der Waals surface area contributed by atoms with Crippen molar-refractivity contribution in [1.29, 1.82) is 0 Å². The van der Waals surface area contributed by atoms with Crippen molar-refractivity contribution in [2.45, 2.75) is 0 Å². The lowest BCUT2D eigenvalue weighted by atomic mass is 10.1. The molecule has 110 valence electrons. The van der Waals surface area contributed by atoms with Crippen LogP contribution in [0.25, 0.3) is 11.3 Å². The van der Waals surface area contributed by atoms with Crippen LogP contribution >= 0.6 is 11.3 Å². The molecule has 22 heavy (non-hydrogen) atoms. The Balaban J connectivity index is 1.93. The molecule has 1 amide bonds. The topological polar surface area (TPSA) is 88.2 Å². The van der Waals surface area contributed by atoms with Crippen LogP contribution in [0, 0.1) is 0 Å². The fourth-order valence-corrected chi connectivity index (χ4v) is 2.80. The number of aromatic hydroxyl groups is 1. The maximum Gasteiger partial charge on any atom is 0.268 e. The second-order valence-corrected chi connectivity index (χ2v) is 5.63. The van der Waals surface area contributed by atoms with Gasteiger partial charge >= 0.3 is 0 Å². The summed E-state index contributed by atoms with van der Waals surface area (Å²) in [5.74, 6) is -0.219. The molecule has 1 aromatic heterocycles. The molecule has 4 N–H and O–H groups in total. The molecule has 6 heteroatoms. The maximum absolute atomic E-state index is 12.5. The van der Waals surface area contributed by atoms with E-state index in [9.17, 15) is 9.90 Å². The van der Waals surface area contributed by atoms with Crippen LogP contribution in [0.4, 0.5) is 10.8 Å². The highest BCUT2D eigenvalue weighted by atomic mass is 32.1. The van der Waals surface area contributed by atoms with Crippen LogP contribution in [0.1, 0.15) is 9.67 Å². The first kappa shape index (κ1) is 14.1.